The summed E-state index contributed by atoms with van der Waals surface area (Å²) in [6.07, 6.45) is 1.74. The summed E-state index contributed by atoms with van der Waals surface area (Å²) < 4.78 is 0.951. The molecule has 17 heavy (non-hydrogen) atoms. The van der Waals surface area contributed by atoms with E-state index in [1.54, 1.807) is 12.3 Å². The lowest BCUT2D eigenvalue weighted by molar-refractivity contribution is 1.15. The lowest BCUT2D eigenvalue weighted by atomic mass is 10.2. The summed E-state index contributed by atoms with van der Waals surface area (Å²) in [5.41, 5.74) is 0.729. The third-order valence-corrected chi connectivity index (χ3v) is 3.78. The van der Waals surface area contributed by atoms with E-state index < -0.39 is 0 Å². The molecule has 1 aromatic carbocycles. The highest BCUT2D eigenvalue weighted by Gasteiger charge is 2.11. The van der Waals surface area contributed by atoms with E-state index in [0.29, 0.717) is 15.9 Å². The van der Waals surface area contributed by atoms with Crippen LogP contribution in [0.5, 0.6) is 0 Å². The minimum atomic E-state index is 0.470. The smallest absolute Gasteiger partial charge is 0.163 e. The molecule has 0 saturated carbocycles. The third kappa shape index (κ3) is 2.64. The molecule has 0 radical (unpaired) electrons. The van der Waals surface area contributed by atoms with Crippen molar-refractivity contribution in [3.8, 4) is 11.4 Å². The average molecular weight is 380 g/mol. The molecule has 6 heteroatoms. The van der Waals surface area contributed by atoms with Crippen molar-refractivity contribution in [2.75, 3.05) is 12.4 Å². The van der Waals surface area contributed by atoms with Gasteiger partial charge in [-0.15, -0.1) is 0 Å². The Morgan fingerprint density at radius 3 is 2.76 bits per heavy atom. The largest absolute Gasteiger partial charge is 0.372 e. The van der Waals surface area contributed by atoms with Crippen molar-refractivity contribution >= 4 is 51.6 Å². The molecule has 0 bridgehead atoms. The zero-order valence-corrected chi connectivity index (χ0v) is 12.5. The summed E-state index contributed by atoms with van der Waals surface area (Å²) in [5, 5.41) is 3.97. The van der Waals surface area contributed by atoms with Gasteiger partial charge in [0.1, 0.15) is 5.82 Å². The Bertz CT molecular complexity index is 560. The molecule has 0 unspecified atom stereocenters. The summed E-state index contributed by atoms with van der Waals surface area (Å²) in [6, 6.07) is 5.40. The summed E-state index contributed by atoms with van der Waals surface area (Å²) in [6.45, 7) is 0. The number of benzene rings is 1. The summed E-state index contributed by atoms with van der Waals surface area (Å²) in [5.74, 6) is 1.33. The molecule has 1 N–H and O–H groups in total. The molecule has 0 aliphatic carbocycles. The molecule has 0 atom stereocenters. The number of nitrogens with zero attached hydrogens (tertiary/aromatic N) is 2. The highest BCUT2D eigenvalue weighted by molar-refractivity contribution is 14.1. The standard InChI is InChI=1S/C11H8Cl2IN3/c1-15-11-8(14)5-16-10(17-11)6-3-2-4-7(12)9(6)13/h2-5H,1H3,(H,15,16,17). The van der Waals surface area contributed by atoms with Gasteiger partial charge < -0.3 is 5.32 Å². The average Bonchev–Trinajstić information content (AvgIpc) is 2.34. The fourth-order valence-corrected chi connectivity index (χ4v) is 2.26. The van der Waals surface area contributed by atoms with Gasteiger partial charge in [-0.3, -0.25) is 0 Å². The quantitative estimate of drug-likeness (QED) is 0.798. The topological polar surface area (TPSA) is 37.8 Å². The van der Waals surface area contributed by atoms with Gasteiger partial charge in [0.05, 0.1) is 13.6 Å². The molecular formula is C11H8Cl2IN3. The predicted molar refractivity (Wildman–Crippen MR) is 79.8 cm³/mol. The highest BCUT2D eigenvalue weighted by atomic mass is 127. The second kappa shape index (κ2) is 5.37. The van der Waals surface area contributed by atoms with Crippen molar-refractivity contribution in [3.05, 3.63) is 38.0 Å². The van der Waals surface area contributed by atoms with E-state index in [1.807, 2.05) is 19.2 Å². The monoisotopic (exact) mass is 379 g/mol. The van der Waals surface area contributed by atoms with Gasteiger partial charge in [0.15, 0.2) is 5.82 Å². The minimum Gasteiger partial charge on any atom is -0.372 e. The highest BCUT2D eigenvalue weighted by Crippen LogP contribution is 2.32. The summed E-state index contributed by atoms with van der Waals surface area (Å²) in [4.78, 5) is 8.65. The maximum absolute atomic E-state index is 6.13. The molecular weight excluding hydrogens is 372 g/mol. The van der Waals surface area contributed by atoms with Crippen LogP contribution in [0.4, 0.5) is 5.82 Å². The van der Waals surface area contributed by atoms with Crippen LogP contribution in [-0.2, 0) is 0 Å². The molecule has 1 heterocycles. The van der Waals surface area contributed by atoms with E-state index in [9.17, 15) is 0 Å². The van der Waals surface area contributed by atoms with Crippen LogP contribution >= 0.6 is 45.8 Å². The maximum atomic E-state index is 6.13. The first-order valence-electron chi connectivity index (χ1n) is 4.78. The number of nitrogens with one attached hydrogen (secondary N) is 1. The van der Waals surface area contributed by atoms with E-state index in [1.165, 1.54) is 0 Å². The number of aromatic nitrogens is 2. The van der Waals surface area contributed by atoms with Crippen LogP contribution in [0.15, 0.2) is 24.4 Å². The lowest BCUT2D eigenvalue weighted by Gasteiger charge is -2.07. The van der Waals surface area contributed by atoms with Crippen molar-refractivity contribution < 1.29 is 0 Å². The van der Waals surface area contributed by atoms with Gasteiger partial charge in [0.25, 0.3) is 0 Å². The van der Waals surface area contributed by atoms with Gasteiger partial charge in [0, 0.05) is 18.8 Å². The number of hydrogen-bond donors (Lipinski definition) is 1. The first-order chi connectivity index (χ1) is 8.13. The van der Waals surface area contributed by atoms with E-state index >= 15 is 0 Å². The first kappa shape index (κ1) is 12.9. The molecule has 0 aliphatic rings. The Labute approximate surface area is 123 Å². The van der Waals surface area contributed by atoms with Crippen LogP contribution < -0.4 is 5.32 Å². The Morgan fingerprint density at radius 2 is 2.06 bits per heavy atom. The van der Waals surface area contributed by atoms with Crippen LogP contribution in [0.3, 0.4) is 0 Å². The van der Waals surface area contributed by atoms with E-state index in [4.69, 9.17) is 23.2 Å². The number of rotatable bonds is 2. The van der Waals surface area contributed by atoms with Gasteiger partial charge in [-0.2, -0.15) is 0 Å². The van der Waals surface area contributed by atoms with Gasteiger partial charge in [-0.25, -0.2) is 9.97 Å². The molecule has 3 nitrogen and oxygen atoms in total. The SMILES string of the molecule is CNc1nc(-c2cccc(Cl)c2Cl)ncc1I. The number of hydrogen-bond acceptors (Lipinski definition) is 3. The van der Waals surface area contributed by atoms with Gasteiger partial charge >= 0.3 is 0 Å². The molecule has 0 aliphatic heterocycles. The molecule has 0 fully saturated rings. The zero-order chi connectivity index (χ0) is 12.4. The predicted octanol–water partition coefficient (Wildman–Crippen LogP) is 4.10. The van der Waals surface area contributed by atoms with Crippen molar-refractivity contribution in [3.63, 3.8) is 0 Å². The lowest BCUT2D eigenvalue weighted by Crippen LogP contribution is -1.99. The molecule has 2 rings (SSSR count). The molecule has 88 valence electrons. The van der Waals surface area contributed by atoms with E-state index in [2.05, 4.69) is 37.9 Å². The van der Waals surface area contributed by atoms with Gasteiger partial charge in [-0.1, -0.05) is 29.3 Å². The third-order valence-electron chi connectivity index (χ3n) is 2.17. The normalized spacial score (nSPS) is 10.4. The van der Waals surface area contributed by atoms with Gasteiger partial charge in [0.2, 0.25) is 0 Å². The second-order valence-electron chi connectivity index (χ2n) is 3.24. The van der Waals surface area contributed by atoms with E-state index in [0.717, 1.165) is 15.0 Å². The van der Waals surface area contributed by atoms with Crippen molar-refractivity contribution in [1.82, 2.24) is 9.97 Å². The Hall–Kier alpha value is -0.590. The Morgan fingerprint density at radius 1 is 1.29 bits per heavy atom. The van der Waals surface area contributed by atoms with Crippen LogP contribution in [0.25, 0.3) is 11.4 Å². The maximum Gasteiger partial charge on any atom is 0.163 e. The van der Waals surface area contributed by atoms with Crippen LogP contribution in [0.2, 0.25) is 10.0 Å². The van der Waals surface area contributed by atoms with Gasteiger partial charge in [-0.05, 0) is 34.7 Å². The van der Waals surface area contributed by atoms with Crippen LogP contribution in [-0.4, -0.2) is 17.0 Å². The van der Waals surface area contributed by atoms with E-state index in [-0.39, 0.29) is 0 Å². The molecule has 1 aromatic heterocycles. The van der Waals surface area contributed by atoms with Crippen LogP contribution in [0, 0.1) is 3.57 Å². The first-order valence-corrected chi connectivity index (χ1v) is 6.61. The summed E-state index contributed by atoms with van der Waals surface area (Å²) >= 11 is 14.3. The second-order valence-corrected chi connectivity index (χ2v) is 5.19. The number of halogens is 3. The molecule has 0 amide bonds. The molecule has 2 aromatic rings. The minimum absolute atomic E-state index is 0.470. The molecule has 0 spiro atoms. The fourth-order valence-electron chi connectivity index (χ4n) is 1.35. The Kier molecular flexibility index (Phi) is 4.06. The van der Waals surface area contributed by atoms with Crippen LogP contribution in [0.1, 0.15) is 0 Å². The van der Waals surface area contributed by atoms with Crippen molar-refractivity contribution in [2.45, 2.75) is 0 Å². The Balaban J connectivity index is 2.57. The van der Waals surface area contributed by atoms with Crippen molar-refractivity contribution in [2.24, 2.45) is 0 Å². The zero-order valence-electron chi connectivity index (χ0n) is 8.84. The fraction of sp³-hybridized carbons (Fsp3) is 0.0909. The number of anilines is 1. The molecule has 0 saturated heterocycles. The van der Waals surface area contributed by atoms with Crippen molar-refractivity contribution in [1.29, 1.82) is 0 Å². The summed E-state index contributed by atoms with van der Waals surface area (Å²) in [7, 11) is 1.81.